The van der Waals surface area contributed by atoms with Crippen molar-refractivity contribution in [2.45, 2.75) is 38.1 Å². The zero-order valence-corrected chi connectivity index (χ0v) is 16.9. The van der Waals surface area contributed by atoms with Gasteiger partial charge in [-0.2, -0.15) is 0 Å². The Morgan fingerprint density at radius 1 is 0.967 bits per heavy atom. The second-order valence-corrected chi connectivity index (χ2v) is 8.12. The lowest BCUT2D eigenvalue weighted by atomic mass is 9.91. The smallest absolute Gasteiger partial charge is 0.257 e. The highest BCUT2D eigenvalue weighted by Gasteiger charge is 2.26. The lowest BCUT2D eigenvalue weighted by Crippen LogP contribution is -2.41. The maximum atomic E-state index is 12.7. The second kappa shape index (κ2) is 8.32. The van der Waals surface area contributed by atoms with E-state index in [2.05, 4.69) is 37.3 Å². The first-order valence-electron chi connectivity index (χ1n) is 10.6. The van der Waals surface area contributed by atoms with Crippen LogP contribution in [0.25, 0.3) is 11.3 Å². The Balaban J connectivity index is 1.26. The van der Waals surface area contributed by atoms with Crippen LogP contribution >= 0.6 is 0 Å². The molecule has 1 aromatic carbocycles. The number of benzene rings is 1. The summed E-state index contributed by atoms with van der Waals surface area (Å²) in [5, 5.41) is 3.03. The van der Waals surface area contributed by atoms with E-state index in [0.29, 0.717) is 5.56 Å². The number of carbonyl (C=O) groups excluding carboxylic acids is 1. The molecule has 152 valence electrons. The van der Waals surface area contributed by atoms with Crippen LogP contribution in [0.15, 0.2) is 55.2 Å². The number of fused-ring (bicyclic) bond motifs is 1. The van der Waals surface area contributed by atoms with Gasteiger partial charge in [0.15, 0.2) is 0 Å². The van der Waals surface area contributed by atoms with Crippen LogP contribution in [0.1, 0.15) is 40.7 Å². The third kappa shape index (κ3) is 3.96. The predicted molar refractivity (Wildman–Crippen MR) is 116 cm³/mol. The standard InChI is InChI=1S/C24H25N5O/c30-24(19-5-7-23(27-15-19)20-13-25-16-26-14-20)28-21-6-4-17-8-10-29(22-2-1-3-22)11-9-18(17)12-21/h4-7,12-16,22H,1-3,8-11H2,(H,28,30). The average Bonchev–Trinajstić information content (AvgIpc) is 2.96. The van der Waals surface area contributed by atoms with Crippen molar-refractivity contribution in [3.63, 3.8) is 0 Å². The molecular weight excluding hydrogens is 374 g/mol. The Morgan fingerprint density at radius 2 is 1.77 bits per heavy atom. The Morgan fingerprint density at radius 3 is 2.47 bits per heavy atom. The van der Waals surface area contributed by atoms with E-state index in [1.807, 2.05) is 12.1 Å². The molecule has 0 unspecified atom stereocenters. The van der Waals surface area contributed by atoms with Crippen molar-refractivity contribution < 1.29 is 4.79 Å². The quantitative estimate of drug-likeness (QED) is 0.724. The van der Waals surface area contributed by atoms with Gasteiger partial charge in [0.25, 0.3) is 5.91 Å². The van der Waals surface area contributed by atoms with Crippen molar-refractivity contribution in [1.82, 2.24) is 19.9 Å². The summed E-state index contributed by atoms with van der Waals surface area (Å²) < 4.78 is 0. The molecule has 6 nitrogen and oxygen atoms in total. The second-order valence-electron chi connectivity index (χ2n) is 8.12. The number of amides is 1. The summed E-state index contributed by atoms with van der Waals surface area (Å²) >= 11 is 0. The molecule has 30 heavy (non-hydrogen) atoms. The zero-order chi connectivity index (χ0) is 20.3. The first-order chi connectivity index (χ1) is 14.8. The highest BCUT2D eigenvalue weighted by Crippen LogP contribution is 2.28. The summed E-state index contributed by atoms with van der Waals surface area (Å²) in [7, 11) is 0. The van der Waals surface area contributed by atoms with Crippen LogP contribution in [-0.4, -0.2) is 44.9 Å². The molecule has 3 aromatic rings. The Kier molecular flexibility index (Phi) is 5.24. The van der Waals surface area contributed by atoms with Gasteiger partial charge in [-0.15, -0.1) is 0 Å². The predicted octanol–water partition coefficient (Wildman–Crippen LogP) is 3.74. The van der Waals surface area contributed by atoms with Crippen LogP contribution in [0.2, 0.25) is 0 Å². The minimum atomic E-state index is -0.150. The van der Waals surface area contributed by atoms with Gasteiger partial charge >= 0.3 is 0 Å². The van der Waals surface area contributed by atoms with E-state index in [1.54, 1.807) is 24.7 Å². The molecule has 5 rings (SSSR count). The van der Waals surface area contributed by atoms with E-state index in [4.69, 9.17) is 0 Å². The highest BCUT2D eigenvalue weighted by atomic mass is 16.1. The fourth-order valence-corrected chi connectivity index (χ4v) is 4.27. The number of anilines is 1. The van der Waals surface area contributed by atoms with Crippen molar-refractivity contribution >= 4 is 11.6 Å². The van der Waals surface area contributed by atoms with Crippen molar-refractivity contribution in [1.29, 1.82) is 0 Å². The largest absolute Gasteiger partial charge is 0.322 e. The first kappa shape index (κ1) is 18.9. The molecule has 6 heteroatoms. The van der Waals surface area contributed by atoms with Gasteiger partial charge in [-0.1, -0.05) is 12.5 Å². The fourth-order valence-electron chi connectivity index (χ4n) is 4.27. The van der Waals surface area contributed by atoms with Crippen LogP contribution in [0.5, 0.6) is 0 Å². The number of hydrogen-bond acceptors (Lipinski definition) is 5. The summed E-state index contributed by atoms with van der Waals surface area (Å²) in [6.45, 7) is 2.26. The van der Waals surface area contributed by atoms with Crippen LogP contribution in [0.3, 0.4) is 0 Å². The molecule has 0 atom stereocenters. The lowest BCUT2D eigenvalue weighted by Gasteiger charge is -2.36. The molecule has 1 saturated carbocycles. The molecule has 3 heterocycles. The Labute approximate surface area is 176 Å². The Hall–Kier alpha value is -3.12. The number of carbonyl (C=O) groups is 1. The third-order valence-corrected chi connectivity index (χ3v) is 6.27. The summed E-state index contributed by atoms with van der Waals surface area (Å²) in [5.74, 6) is -0.150. The van der Waals surface area contributed by atoms with E-state index in [-0.39, 0.29) is 5.91 Å². The van der Waals surface area contributed by atoms with Crippen LogP contribution in [0, 0.1) is 0 Å². The summed E-state index contributed by atoms with van der Waals surface area (Å²) in [6, 6.07) is 10.7. The monoisotopic (exact) mass is 399 g/mol. The molecule has 1 aliphatic carbocycles. The van der Waals surface area contributed by atoms with Gasteiger partial charge in [-0.25, -0.2) is 9.97 Å². The van der Waals surface area contributed by atoms with Crippen LogP contribution in [-0.2, 0) is 12.8 Å². The number of aromatic nitrogens is 3. The molecule has 1 fully saturated rings. The molecule has 0 radical (unpaired) electrons. The summed E-state index contributed by atoms with van der Waals surface area (Å²) in [5.41, 5.74) is 5.70. The SMILES string of the molecule is O=C(Nc1ccc2c(c1)CCN(C1CCC1)CC2)c1ccc(-c2cncnc2)nc1. The van der Waals surface area contributed by atoms with E-state index in [0.717, 1.165) is 48.9 Å². The molecule has 2 aliphatic rings. The van der Waals surface area contributed by atoms with Crippen molar-refractivity contribution in [3.05, 3.63) is 71.9 Å². The summed E-state index contributed by atoms with van der Waals surface area (Å²) in [4.78, 5) is 27.7. The van der Waals surface area contributed by atoms with E-state index < -0.39 is 0 Å². The summed E-state index contributed by atoms with van der Waals surface area (Å²) in [6.07, 6.45) is 12.7. The Bertz CT molecular complexity index is 1030. The van der Waals surface area contributed by atoms with Gasteiger partial charge in [0.2, 0.25) is 0 Å². The number of nitrogens with zero attached hydrogens (tertiary/aromatic N) is 4. The molecule has 0 saturated heterocycles. The number of rotatable bonds is 4. The van der Waals surface area contributed by atoms with Crippen molar-refractivity contribution in [3.8, 4) is 11.3 Å². The maximum Gasteiger partial charge on any atom is 0.257 e. The fraction of sp³-hybridized carbons (Fsp3) is 0.333. The molecule has 1 amide bonds. The van der Waals surface area contributed by atoms with E-state index in [1.165, 1.54) is 36.7 Å². The van der Waals surface area contributed by atoms with Gasteiger partial charge < -0.3 is 5.32 Å². The minimum Gasteiger partial charge on any atom is -0.322 e. The van der Waals surface area contributed by atoms with E-state index >= 15 is 0 Å². The molecule has 0 bridgehead atoms. The molecular formula is C24H25N5O. The van der Waals surface area contributed by atoms with Gasteiger partial charge in [0.05, 0.1) is 11.3 Å². The maximum absolute atomic E-state index is 12.7. The number of hydrogen-bond donors (Lipinski definition) is 1. The number of pyridine rings is 1. The molecule has 1 N–H and O–H groups in total. The highest BCUT2D eigenvalue weighted by molar-refractivity contribution is 6.04. The van der Waals surface area contributed by atoms with Gasteiger partial charge in [0.1, 0.15) is 6.33 Å². The first-order valence-corrected chi connectivity index (χ1v) is 10.6. The normalized spacial score (nSPS) is 16.9. The molecule has 2 aromatic heterocycles. The minimum absolute atomic E-state index is 0.150. The number of nitrogens with one attached hydrogen (secondary N) is 1. The molecule has 0 spiro atoms. The van der Waals surface area contributed by atoms with Gasteiger partial charge in [-0.05, 0) is 61.1 Å². The van der Waals surface area contributed by atoms with Gasteiger partial charge in [-0.3, -0.25) is 14.7 Å². The van der Waals surface area contributed by atoms with Crippen LogP contribution in [0.4, 0.5) is 5.69 Å². The topological polar surface area (TPSA) is 71.0 Å². The zero-order valence-electron chi connectivity index (χ0n) is 16.9. The lowest BCUT2D eigenvalue weighted by molar-refractivity contribution is 0.102. The molecule has 1 aliphatic heterocycles. The van der Waals surface area contributed by atoms with Crippen molar-refractivity contribution in [2.24, 2.45) is 0 Å². The van der Waals surface area contributed by atoms with Gasteiger partial charge in [0, 0.05) is 49.0 Å². The van der Waals surface area contributed by atoms with Crippen LogP contribution < -0.4 is 5.32 Å². The van der Waals surface area contributed by atoms with E-state index in [9.17, 15) is 4.79 Å². The van der Waals surface area contributed by atoms with Crippen molar-refractivity contribution in [2.75, 3.05) is 18.4 Å². The average molecular weight is 399 g/mol. The third-order valence-electron chi connectivity index (χ3n) is 6.27.